The van der Waals surface area contributed by atoms with Gasteiger partial charge < -0.3 is 5.32 Å². The molecule has 4 nitrogen and oxygen atoms in total. The average Bonchev–Trinajstić information content (AvgIpc) is 2.76. The van der Waals surface area contributed by atoms with Crippen molar-refractivity contribution in [3.63, 3.8) is 0 Å². The third kappa shape index (κ3) is 2.64. The highest BCUT2D eigenvalue weighted by Crippen LogP contribution is 2.19. The summed E-state index contributed by atoms with van der Waals surface area (Å²) in [5.41, 5.74) is 2.73. The van der Waals surface area contributed by atoms with Crippen LogP contribution < -0.4 is 5.32 Å². The third-order valence-electron chi connectivity index (χ3n) is 2.60. The van der Waals surface area contributed by atoms with Gasteiger partial charge in [-0.1, -0.05) is 6.07 Å². The van der Waals surface area contributed by atoms with Gasteiger partial charge in [0.25, 0.3) is 0 Å². The van der Waals surface area contributed by atoms with Crippen LogP contribution in [0.15, 0.2) is 36.7 Å². The Bertz CT molecular complexity index is 551. The zero-order chi connectivity index (χ0) is 12.3. The number of nitriles is 1. The first-order chi connectivity index (χ1) is 8.19. The molecule has 2 rings (SSSR count). The van der Waals surface area contributed by atoms with Crippen molar-refractivity contribution in [2.24, 2.45) is 7.05 Å². The summed E-state index contributed by atoms with van der Waals surface area (Å²) in [4.78, 5) is 0. The van der Waals surface area contributed by atoms with Crippen molar-refractivity contribution in [3.8, 4) is 6.07 Å². The Morgan fingerprint density at radius 3 is 2.94 bits per heavy atom. The van der Waals surface area contributed by atoms with Crippen LogP contribution in [-0.4, -0.2) is 9.78 Å². The quantitative estimate of drug-likeness (QED) is 0.874. The van der Waals surface area contributed by atoms with Gasteiger partial charge >= 0.3 is 0 Å². The van der Waals surface area contributed by atoms with Crippen molar-refractivity contribution in [1.29, 1.82) is 5.26 Å². The van der Waals surface area contributed by atoms with Crippen LogP contribution in [0.25, 0.3) is 0 Å². The Morgan fingerprint density at radius 2 is 2.29 bits per heavy atom. The van der Waals surface area contributed by atoms with Crippen LogP contribution in [0.2, 0.25) is 0 Å². The summed E-state index contributed by atoms with van der Waals surface area (Å²) in [6, 6.07) is 9.75. The zero-order valence-corrected chi connectivity index (χ0v) is 9.88. The van der Waals surface area contributed by atoms with E-state index in [2.05, 4.69) is 23.4 Å². The molecule has 0 bridgehead atoms. The maximum Gasteiger partial charge on any atom is 0.0992 e. The molecule has 4 heteroatoms. The van der Waals surface area contributed by atoms with E-state index in [1.807, 2.05) is 37.6 Å². The number of nitrogens with one attached hydrogen (secondary N) is 1. The Kier molecular flexibility index (Phi) is 3.10. The van der Waals surface area contributed by atoms with Crippen LogP contribution in [0.4, 0.5) is 5.69 Å². The fraction of sp³-hybridized carbons (Fsp3) is 0.231. The molecule has 0 aliphatic heterocycles. The fourth-order valence-corrected chi connectivity index (χ4v) is 1.68. The van der Waals surface area contributed by atoms with Crippen LogP contribution in [-0.2, 0) is 7.05 Å². The van der Waals surface area contributed by atoms with E-state index >= 15 is 0 Å². The second kappa shape index (κ2) is 4.71. The second-order valence-electron chi connectivity index (χ2n) is 4.01. The van der Waals surface area contributed by atoms with Crippen LogP contribution in [0.3, 0.4) is 0 Å². The molecule has 2 aromatic rings. The molecule has 0 saturated heterocycles. The topological polar surface area (TPSA) is 53.6 Å². The van der Waals surface area contributed by atoms with Crippen LogP contribution in [0.1, 0.15) is 24.1 Å². The lowest BCUT2D eigenvalue weighted by Crippen LogP contribution is -2.05. The van der Waals surface area contributed by atoms with Crippen molar-refractivity contribution < 1.29 is 0 Å². The van der Waals surface area contributed by atoms with E-state index in [9.17, 15) is 0 Å². The highest BCUT2D eigenvalue weighted by Gasteiger charge is 2.07. The monoisotopic (exact) mass is 226 g/mol. The minimum atomic E-state index is 0.164. The van der Waals surface area contributed by atoms with E-state index in [-0.39, 0.29) is 6.04 Å². The summed E-state index contributed by atoms with van der Waals surface area (Å²) in [6.45, 7) is 2.07. The van der Waals surface area contributed by atoms with E-state index in [1.54, 1.807) is 10.7 Å². The molecule has 1 heterocycles. The van der Waals surface area contributed by atoms with E-state index < -0.39 is 0 Å². The van der Waals surface area contributed by atoms with E-state index in [0.29, 0.717) is 5.56 Å². The molecule has 1 aromatic carbocycles. The molecule has 0 amide bonds. The number of anilines is 1. The molecule has 0 saturated carbocycles. The maximum absolute atomic E-state index is 8.83. The first kappa shape index (κ1) is 11.2. The molecule has 1 unspecified atom stereocenters. The highest BCUT2D eigenvalue weighted by molar-refractivity contribution is 5.50. The van der Waals surface area contributed by atoms with Gasteiger partial charge in [0.1, 0.15) is 0 Å². The average molecular weight is 226 g/mol. The number of aromatic nitrogens is 2. The van der Waals surface area contributed by atoms with Gasteiger partial charge in [-0.15, -0.1) is 0 Å². The Hall–Kier alpha value is -2.28. The van der Waals surface area contributed by atoms with E-state index in [4.69, 9.17) is 5.26 Å². The van der Waals surface area contributed by atoms with Gasteiger partial charge in [0.15, 0.2) is 0 Å². The summed E-state index contributed by atoms with van der Waals surface area (Å²) in [5, 5.41) is 16.3. The molecule has 0 aliphatic rings. The van der Waals surface area contributed by atoms with Crippen molar-refractivity contribution in [2.75, 3.05) is 5.32 Å². The number of hydrogen-bond acceptors (Lipinski definition) is 3. The van der Waals surface area contributed by atoms with Gasteiger partial charge in [-0.2, -0.15) is 10.4 Å². The summed E-state index contributed by atoms with van der Waals surface area (Å²) >= 11 is 0. The van der Waals surface area contributed by atoms with E-state index in [0.717, 1.165) is 11.3 Å². The van der Waals surface area contributed by atoms with Crippen molar-refractivity contribution >= 4 is 5.69 Å². The zero-order valence-electron chi connectivity index (χ0n) is 9.88. The molecule has 1 atom stereocenters. The Morgan fingerprint density at radius 1 is 1.47 bits per heavy atom. The molecule has 0 fully saturated rings. The minimum Gasteiger partial charge on any atom is -0.378 e. The van der Waals surface area contributed by atoms with Crippen molar-refractivity contribution in [3.05, 3.63) is 47.8 Å². The predicted octanol–water partition coefficient (Wildman–Crippen LogP) is 2.46. The Balaban J connectivity index is 2.13. The maximum atomic E-state index is 8.83. The smallest absolute Gasteiger partial charge is 0.0992 e. The van der Waals surface area contributed by atoms with E-state index in [1.165, 1.54) is 0 Å². The van der Waals surface area contributed by atoms with Gasteiger partial charge in [0.05, 0.1) is 23.9 Å². The first-order valence-corrected chi connectivity index (χ1v) is 5.44. The van der Waals surface area contributed by atoms with Crippen LogP contribution in [0, 0.1) is 11.3 Å². The summed E-state index contributed by atoms with van der Waals surface area (Å²) in [7, 11) is 1.90. The molecule has 0 aliphatic carbocycles. The summed E-state index contributed by atoms with van der Waals surface area (Å²) in [6.07, 6.45) is 3.82. The number of aryl methyl sites for hydroxylation is 1. The van der Waals surface area contributed by atoms with Gasteiger partial charge in [0, 0.05) is 24.5 Å². The summed E-state index contributed by atoms with van der Waals surface area (Å²) in [5.74, 6) is 0. The van der Waals surface area contributed by atoms with Crippen molar-refractivity contribution in [1.82, 2.24) is 9.78 Å². The lowest BCUT2D eigenvalue weighted by Gasteiger charge is -2.13. The van der Waals surface area contributed by atoms with Crippen molar-refractivity contribution in [2.45, 2.75) is 13.0 Å². The Labute approximate surface area is 100 Å². The molecule has 86 valence electrons. The normalized spacial score (nSPS) is 11.8. The molecular formula is C13H14N4. The molecule has 17 heavy (non-hydrogen) atoms. The predicted molar refractivity (Wildman–Crippen MR) is 66.4 cm³/mol. The minimum absolute atomic E-state index is 0.164. The lowest BCUT2D eigenvalue weighted by atomic mass is 10.1. The SMILES string of the molecule is CC(Nc1cccc(C#N)c1)c1cnn(C)c1. The van der Waals surface area contributed by atoms with Gasteiger partial charge in [-0.05, 0) is 25.1 Å². The largest absolute Gasteiger partial charge is 0.378 e. The molecule has 1 aromatic heterocycles. The number of rotatable bonds is 3. The number of hydrogen-bond donors (Lipinski definition) is 1. The second-order valence-corrected chi connectivity index (χ2v) is 4.01. The van der Waals surface area contributed by atoms with Gasteiger partial charge in [0.2, 0.25) is 0 Å². The highest BCUT2D eigenvalue weighted by atomic mass is 15.2. The van der Waals surface area contributed by atoms with Gasteiger partial charge in [-0.3, -0.25) is 4.68 Å². The third-order valence-corrected chi connectivity index (χ3v) is 2.60. The number of benzene rings is 1. The van der Waals surface area contributed by atoms with Crippen LogP contribution in [0.5, 0.6) is 0 Å². The first-order valence-electron chi connectivity index (χ1n) is 5.44. The lowest BCUT2D eigenvalue weighted by molar-refractivity contribution is 0.765. The summed E-state index contributed by atoms with van der Waals surface area (Å²) < 4.78 is 1.78. The molecule has 0 spiro atoms. The van der Waals surface area contributed by atoms with Crippen LogP contribution >= 0.6 is 0 Å². The molecule has 1 N–H and O–H groups in total. The van der Waals surface area contributed by atoms with Gasteiger partial charge in [-0.25, -0.2) is 0 Å². The fourth-order valence-electron chi connectivity index (χ4n) is 1.68. The molecular weight excluding hydrogens is 212 g/mol. The molecule has 0 radical (unpaired) electrons. The number of nitrogens with zero attached hydrogens (tertiary/aromatic N) is 3. The standard InChI is InChI=1S/C13H14N4/c1-10(12-8-15-17(2)9-12)16-13-5-3-4-11(6-13)7-14/h3-6,8-10,16H,1-2H3.